The van der Waals surface area contributed by atoms with Crippen molar-refractivity contribution in [3.63, 3.8) is 0 Å². The molecular weight excluding hydrogens is 387 g/mol. The number of aromatic nitrogens is 1. The van der Waals surface area contributed by atoms with Gasteiger partial charge in [-0.05, 0) is 24.6 Å². The molecule has 156 valence electrons. The Labute approximate surface area is 174 Å². The molecular formula is C23H23FN2O4. The fourth-order valence-electron chi connectivity index (χ4n) is 2.97. The number of carbonyl (C=O) groups is 2. The molecule has 0 saturated heterocycles. The molecule has 1 atom stereocenters. The summed E-state index contributed by atoms with van der Waals surface area (Å²) < 4.78 is 24.2. The van der Waals surface area contributed by atoms with Gasteiger partial charge in [0.2, 0.25) is 0 Å². The normalized spacial score (nSPS) is 11.7. The summed E-state index contributed by atoms with van der Waals surface area (Å²) in [4.78, 5) is 30.1. The molecule has 0 aliphatic carbocycles. The van der Waals surface area contributed by atoms with E-state index in [9.17, 15) is 14.0 Å². The number of aryl methyl sites for hydroxylation is 1. The second kappa shape index (κ2) is 9.82. The number of hydrogen-bond acceptors (Lipinski definition) is 5. The lowest BCUT2D eigenvalue weighted by Crippen LogP contribution is -2.37. The van der Waals surface area contributed by atoms with E-state index in [-0.39, 0.29) is 31.1 Å². The number of likely N-dealkylation sites (N-methyl/N-ethyl adjacent to an activating group) is 1. The molecule has 1 amide bonds. The minimum atomic E-state index is -0.944. The largest absolute Gasteiger partial charge is 0.453 e. The first-order valence-electron chi connectivity index (χ1n) is 9.61. The highest BCUT2D eigenvalue weighted by molar-refractivity contribution is 5.83. The van der Waals surface area contributed by atoms with E-state index in [1.807, 2.05) is 30.3 Å². The first-order valence-corrected chi connectivity index (χ1v) is 9.61. The van der Waals surface area contributed by atoms with Crippen LogP contribution in [-0.2, 0) is 27.3 Å². The Hall–Kier alpha value is -3.48. The first kappa shape index (κ1) is 21.2. The molecule has 7 heteroatoms. The van der Waals surface area contributed by atoms with Gasteiger partial charge in [0.1, 0.15) is 5.82 Å². The lowest BCUT2D eigenvalue weighted by molar-refractivity contribution is -0.158. The van der Waals surface area contributed by atoms with Crippen LogP contribution in [-0.4, -0.2) is 34.9 Å². The Morgan fingerprint density at radius 1 is 1.17 bits per heavy atom. The van der Waals surface area contributed by atoms with E-state index >= 15 is 0 Å². The summed E-state index contributed by atoms with van der Waals surface area (Å²) in [5.74, 6) is -0.200. The number of oxazole rings is 1. The van der Waals surface area contributed by atoms with Crippen LogP contribution < -0.4 is 0 Å². The van der Waals surface area contributed by atoms with Gasteiger partial charge in [0, 0.05) is 25.6 Å². The van der Waals surface area contributed by atoms with E-state index < -0.39 is 12.1 Å². The summed E-state index contributed by atoms with van der Waals surface area (Å²) >= 11 is 0. The van der Waals surface area contributed by atoms with Gasteiger partial charge in [0.15, 0.2) is 17.8 Å². The Balaban J connectivity index is 1.47. The summed E-state index contributed by atoms with van der Waals surface area (Å²) in [5.41, 5.74) is 1.56. The SMILES string of the molecule is CC(OC(=O)CCc1ncc(-c2ccccc2)o1)C(=O)N(C)Cc1cccc(F)c1. The Morgan fingerprint density at radius 2 is 1.93 bits per heavy atom. The number of ether oxygens (including phenoxy) is 1. The van der Waals surface area contributed by atoms with E-state index in [1.165, 1.54) is 24.0 Å². The summed E-state index contributed by atoms with van der Waals surface area (Å²) in [6.07, 6.45) is 0.982. The van der Waals surface area contributed by atoms with Gasteiger partial charge in [-0.1, -0.05) is 42.5 Å². The van der Waals surface area contributed by atoms with Gasteiger partial charge in [0.25, 0.3) is 5.91 Å². The highest BCUT2D eigenvalue weighted by Crippen LogP contribution is 2.20. The maximum absolute atomic E-state index is 13.3. The monoisotopic (exact) mass is 410 g/mol. The first-order chi connectivity index (χ1) is 14.4. The van der Waals surface area contributed by atoms with Crippen LogP contribution in [0.1, 0.15) is 24.8 Å². The minimum Gasteiger partial charge on any atom is -0.453 e. The van der Waals surface area contributed by atoms with Crippen molar-refractivity contribution in [2.24, 2.45) is 0 Å². The summed E-state index contributed by atoms with van der Waals surface area (Å²) in [7, 11) is 1.58. The third-order valence-corrected chi connectivity index (χ3v) is 4.50. The Morgan fingerprint density at radius 3 is 2.67 bits per heavy atom. The summed E-state index contributed by atoms with van der Waals surface area (Å²) in [6, 6.07) is 15.5. The van der Waals surface area contributed by atoms with Crippen LogP contribution in [0, 0.1) is 5.82 Å². The molecule has 0 aliphatic heterocycles. The highest BCUT2D eigenvalue weighted by atomic mass is 19.1. The number of carbonyl (C=O) groups excluding carboxylic acids is 2. The van der Waals surface area contributed by atoms with Crippen LogP contribution in [0.25, 0.3) is 11.3 Å². The molecule has 1 unspecified atom stereocenters. The molecule has 0 radical (unpaired) electrons. The second-order valence-corrected chi connectivity index (χ2v) is 6.94. The molecule has 3 rings (SSSR count). The van der Waals surface area contributed by atoms with Gasteiger partial charge in [0.05, 0.1) is 12.6 Å². The zero-order chi connectivity index (χ0) is 21.5. The van der Waals surface area contributed by atoms with Crippen molar-refractivity contribution in [1.29, 1.82) is 0 Å². The molecule has 0 N–H and O–H groups in total. The molecule has 0 aliphatic rings. The highest BCUT2D eigenvalue weighted by Gasteiger charge is 2.22. The van der Waals surface area contributed by atoms with E-state index in [1.54, 1.807) is 25.4 Å². The quantitative estimate of drug-likeness (QED) is 0.525. The summed E-state index contributed by atoms with van der Waals surface area (Å²) in [6.45, 7) is 1.73. The van der Waals surface area contributed by atoms with Crippen molar-refractivity contribution >= 4 is 11.9 Å². The molecule has 30 heavy (non-hydrogen) atoms. The van der Waals surface area contributed by atoms with Gasteiger partial charge in [-0.25, -0.2) is 9.37 Å². The molecule has 0 bridgehead atoms. The number of amides is 1. The van der Waals surface area contributed by atoms with Crippen LogP contribution in [0.2, 0.25) is 0 Å². The molecule has 3 aromatic rings. The molecule has 2 aromatic carbocycles. The average molecular weight is 410 g/mol. The van der Waals surface area contributed by atoms with Gasteiger partial charge >= 0.3 is 5.97 Å². The molecule has 0 spiro atoms. The fourth-order valence-corrected chi connectivity index (χ4v) is 2.97. The maximum atomic E-state index is 13.3. The van der Waals surface area contributed by atoms with E-state index in [0.29, 0.717) is 17.2 Å². The maximum Gasteiger partial charge on any atom is 0.307 e. The van der Waals surface area contributed by atoms with Crippen molar-refractivity contribution < 1.29 is 23.1 Å². The molecule has 1 heterocycles. The van der Waals surface area contributed by atoms with Crippen molar-refractivity contribution in [2.45, 2.75) is 32.4 Å². The van der Waals surface area contributed by atoms with Gasteiger partial charge in [-0.15, -0.1) is 0 Å². The van der Waals surface area contributed by atoms with Crippen LogP contribution in [0.5, 0.6) is 0 Å². The van der Waals surface area contributed by atoms with Crippen LogP contribution in [0.3, 0.4) is 0 Å². The summed E-state index contributed by atoms with van der Waals surface area (Å²) in [5, 5.41) is 0. The molecule has 0 fully saturated rings. The molecule has 0 saturated carbocycles. The van der Waals surface area contributed by atoms with E-state index in [0.717, 1.165) is 5.56 Å². The number of rotatable bonds is 8. The lowest BCUT2D eigenvalue weighted by atomic mass is 10.2. The number of esters is 1. The molecule has 6 nitrogen and oxygen atoms in total. The van der Waals surface area contributed by atoms with Crippen LogP contribution in [0.15, 0.2) is 65.2 Å². The second-order valence-electron chi connectivity index (χ2n) is 6.94. The number of hydrogen-bond donors (Lipinski definition) is 0. The van der Waals surface area contributed by atoms with Crippen molar-refractivity contribution in [1.82, 2.24) is 9.88 Å². The fraction of sp³-hybridized carbons (Fsp3) is 0.261. The van der Waals surface area contributed by atoms with Crippen LogP contribution >= 0.6 is 0 Å². The standard InChI is InChI=1S/C23H23FN2O4/c1-16(23(28)26(2)15-17-7-6-10-19(24)13-17)29-22(27)12-11-21-25-14-20(30-21)18-8-4-3-5-9-18/h3-10,13-14,16H,11-12,15H2,1-2H3. The number of halogens is 1. The lowest BCUT2D eigenvalue weighted by Gasteiger charge is -2.21. The van der Waals surface area contributed by atoms with Crippen LogP contribution in [0.4, 0.5) is 4.39 Å². The van der Waals surface area contributed by atoms with Crippen molar-refractivity contribution in [2.75, 3.05) is 7.05 Å². The van der Waals surface area contributed by atoms with E-state index in [4.69, 9.17) is 9.15 Å². The third-order valence-electron chi connectivity index (χ3n) is 4.50. The van der Waals surface area contributed by atoms with Crippen molar-refractivity contribution in [3.05, 3.63) is 78.1 Å². The topological polar surface area (TPSA) is 72.6 Å². The van der Waals surface area contributed by atoms with Crippen molar-refractivity contribution in [3.8, 4) is 11.3 Å². The number of benzene rings is 2. The van der Waals surface area contributed by atoms with Gasteiger partial charge in [-0.3, -0.25) is 9.59 Å². The average Bonchev–Trinajstić information content (AvgIpc) is 3.21. The number of nitrogens with zero attached hydrogens (tertiary/aromatic N) is 2. The predicted molar refractivity (Wildman–Crippen MR) is 109 cm³/mol. The Bertz CT molecular complexity index is 1000. The zero-order valence-electron chi connectivity index (χ0n) is 16.9. The minimum absolute atomic E-state index is 0.0416. The predicted octanol–water partition coefficient (Wildman–Crippen LogP) is 4.00. The van der Waals surface area contributed by atoms with Gasteiger partial charge < -0.3 is 14.1 Å². The zero-order valence-corrected chi connectivity index (χ0v) is 16.9. The van der Waals surface area contributed by atoms with E-state index in [2.05, 4.69) is 4.98 Å². The molecule has 1 aromatic heterocycles. The van der Waals surface area contributed by atoms with Gasteiger partial charge in [-0.2, -0.15) is 0 Å². The smallest absolute Gasteiger partial charge is 0.307 e. The Kier molecular flexibility index (Phi) is 6.95. The third kappa shape index (κ3) is 5.76.